The summed E-state index contributed by atoms with van der Waals surface area (Å²) in [5, 5.41) is 0. The van der Waals surface area contributed by atoms with Crippen LogP contribution in [0.4, 0.5) is 17.1 Å². The summed E-state index contributed by atoms with van der Waals surface area (Å²) in [4.78, 5) is 2.60. The van der Waals surface area contributed by atoms with Crippen molar-refractivity contribution < 1.29 is 0 Å². The number of hydrogen-bond acceptors (Lipinski definition) is 1. The number of hydrogen-bond donors (Lipinski definition) is 0. The zero-order valence-electron chi connectivity index (χ0n) is 35.5. The molecule has 0 saturated heterocycles. The van der Waals surface area contributed by atoms with E-state index in [4.69, 9.17) is 0 Å². The number of anilines is 3. The molecule has 9 aromatic rings. The van der Waals surface area contributed by atoms with Crippen LogP contribution in [0.25, 0.3) is 55.6 Å². The molecule has 9 aromatic carbocycles. The molecule has 4 aliphatic rings. The molecule has 62 heavy (non-hydrogen) atoms. The van der Waals surface area contributed by atoms with E-state index in [-0.39, 0.29) is 10.8 Å². The Balaban J connectivity index is 1.07. The van der Waals surface area contributed by atoms with Gasteiger partial charge in [0.15, 0.2) is 0 Å². The lowest BCUT2D eigenvalue weighted by Gasteiger charge is -2.36. The number of nitrogens with zero attached hydrogens (tertiary/aromatic N) is 1. The third kappa shape index (κ3) is 4.43. The highest BCUT2D eigenvalue weighted by atomic mass is 15.2. The molecular weight excluding hydrogens is 747 g/mol. The fraction of sp³-hybridized carbons (Fsp3) is 0.115. The van der Waals surface area contributed by atoms with Gasteiger partial charge in [-0.25, -0.2) is 0 Å². The van der Waals surface area contributed by atoms with Crippen LogP contribution < -0.4 is 4.90 Å². The monoisotopic (exact) mass is 791 g/mol. The quantitative estimate of drug-likeness (QED) is 0.172. The molecule has 0 atom stereocenters. The first-order valence-electron chi connectivity index (χ1n) is 22.1. The SMILES string of the molecule is CC1(C)c2ccccc2-c2ccc(-c3ccc(N(c4cccc5c4-c4ccccc4C5(C)C)c4cccc5c4C4(c6ccccc6-c6ccccc64)c4ccccc4-5)cc3)cc21. The van der Waals surface area contributed by atoms with Gasteiger partial charge in [0, 0.05) is 27.6 Å². The molecular formula is C61H45N. The van der Waals surface area contributed by atoms with Crippen molar-refractivity contribution in [3.63, 3.8) is 0 Å². The summed E-state index contributed by atoms with van der Waals surface area (Å²) in [6.45, 7) is 9.50. The van der Waals surface area contributed by atoms with Gasteiger partial charge in [-0.2, -0.15) is 0 Å². The van der Waals surface area contributed by atoms with Crippen molar-refractivity contribution in [2.75, 3.05) is 4.90 Å². The molecule has 1 nitrogen and oxygen atoms in total. The van der Waals surface area contributed by atoms with Crippen LogP contribution in [0.15, 0.2) is 200 Å². The zero-order valence-corrected chi connectivity index (χ0v) is 35.5. The van der Waals surface area contributed by atoms with Gasteiger partial charge in [0.25, 0.3) is 0 Å². The molecule has 0 amide bonds. The van der Waals surface area contributed by atoms with Crippen LogP contribution in [-0.4, -0.2) is 0 Å². The van der Waals surface area contributed by atoms with Crippen molar-refractivity contribution in [1.29, 1.82) is 0 Å². The third-order valence-electron chi connectivity index (χ3n) is 15.1. The lowest BCUT2D eigenvalue weighted by molar-refractivity contribution is 0.660. The predicted molar refractivity (Wildman–Crippen MR) is 258 cm³/mol. The van der Waals surface area contributed by atoms with E-state index in [1.165, 1.54) is 112 Å². The summed E-state index contributed by atoms with van der Waals surface area (Å²) < 4.78 is 0. The minimum Gasteiger partial charge on any atom is -0.310 e. The van der Waals surface area contributed by atoms with Crippen molar-refractivity contribution in [1.82, 2.24) is 0 Å². The van der Waals surface area contributed by atoms with Gasteiger partial charge in [-0.15, -0.1) is 0 Å². The highest BCUT2D eigenvalue weighted by Gasteiger charge is 2.53. The van der Waals surface area contributed by atoms with Crippen LogP contribution in [-0.2, 0) is 16.2 Å². The first-order valence-corrected chi connectivity index (χ1v) is 22.1. The molecule has 0 aromatic heterocycles. The maximum Gasteiger partial charge on any atom is 0.0746 e. The highest BCUT2D eigenvalue weighted by molar-refractivity contribution is 6.02. The number of rotatable bonds is 4. The first-order chi connectivity index (χ1) is 30.3. The van der Waals surface area contributed by atoms with Crippen molar-refractivity contribution in [2.24, 2.45) is 0 Å². The molecule has 0 radical (unpaired) electrons. The molecule has 13 rings (SSSR count). The van der Waals surface area contributed by atoms with Crippen LogP contribution in [0, 0.1) is 0 Å². The molecule has 0 heterocycles. The molecule has 1 heteroatoms. The zero-order chi connectivity index (χ0) is 41.5. The smallest absolute Gasteiger partial charge is 0.0746 e. The van der Waals surface area contributed by atoms with E-state index in [2.05, 4.69) is 233 Å². The molecule has 0 N–H and O–H groups in total. The number of fused-ring (bicyclic) bond motifs is 16. The van der Waals surface area contributed by atoms with E-state index in [1.807, 2.05) is 0 Å². The van der Waals surface area contributed by atoms with Gasteiger partial charge in [-0.1, -0.05) is 198 Å². The lowest BCUT2D eigenvalue weighted by Crippen LogP contribution is -2.28. The van der Waals surface area contributed by atoms with Crippen LogP contribution in [0.2, 0.25) is 0 Å². The van der Waals surface area contributed by atoms with Crippen molar-refractivity contribution in [3.05, 3.63) is 245 Å². The maximum atomic E-state index is 2.60. The van der Waals surface area contributed by atoms with Gasteiger partial charge in [0.05, 0.1) is 16.8 Å². The van der Waals surface area contributed by atoms with Crippen LogP contribution in [0.5, 0.6) is 0 Å². The van der Waals surface area contributed by atoms with Gasteiger partial charge in [0.2, 0.25) is 0 Å². The summed E-state index contributed by atoms with van der Waals surface area (Å²) in [5.41, 5.74) is 26.8. The Bertz CT molecular complexity index is 3300. The van der Waals surface area contributed by atoms with Crippen LogP contribution in [0.3, 0.4) is 0 Å². The maximum absolute atomic E-state index is 2.60. The van der Waals surface area contributed by atoms with E-state index < -0.39 is 5.41 Å². The van der Waals surface area contributed by atoms with Gasteiger partial charge in [0.1, 0.15) is 0 Å². The second-order valence-electron chi connectivity index (χ2n) is 18.8. The molecule has 0 saturated carbocycles. The van der Waals surface area contributed by atoms with Gasteiger partial charge < -0.3 is 4.90 Å². The fourth-order valence-electron chi connectivity index (χ4n) is 12.3. The standard InChI is InChI=1S/C61H45N/c1-59(2)49-24-11-9-21-47(49)57-53(59)28-16-29-55(57)62(40-34-31-38(32-35-40)39-33-36-45-41-17-5-10-23-48(41)60(3,4)54(45)37-39)56-30-15-22-46-44-20-8-14-27-52(44)61(58(46)56)50-25-12-6-18-42(50)43-19-7-13-26-51(43)61/h5-37H,1-4H3. The predicted octanol–water partition coefficient (Wildman–Crippen LogP) is 15.8. The average molecular weight is 792 g/mol. The Labute approximate surface area is 364 Å². The number of benzene rings is 9. The summed E-state index contributed by atoms with van der Waals surface area (Å²) in [7, 11) is 0. The molecule has 0 aliphatic heterocycles. The van der Waals surface area contributed by atoms with Crippen molar-refractivity contribution in [2.45, 2.75) is 43.9 Å². The van der Waals surface area contributed by atoms with Crippen LogP contribution >= 0.6 is 0 Å². The minimum absolute atomic E-state index is 0.0604. The Morgan fingerprint density at radius 3 is 1.35 bits per heavy atom. The summed E-state index contributed by atoms with van der Waals surface area (Å²) in [5.74, 6) is 0. The molecule has 0 bridgehead atoms. The minimum atomic E-state index is -0.502. The van der Waals surface area contributed by atoms with Gasteiger partial charge >= 0.3 is 0 Å². The van der Waals surface area contributed by atoms with Gasteiger partial charge in [-0.3, -0.25) is 0 Å². The van der Waals surface area contributed by atoms with E-state index in [0.29, 0.717) is 0 Å². The van der Waals surface area contributed by atoms with Crippen molar-refractivity contribution >= 4 is 17.1 Å². The largest absolute Gasteiger partial charge is 0.310 e. The second-order valence-corrected chi connectivity index (χ2v) is 18.8. The topological polar surface area (TPSA) is 3.24 Å². The Hall–Kier alpha value is -7.22. The molecule has 0 unspecified atom stereocenters. The normalized spacial score (nSPS) is 15.5. The first kappa shape index (κ1) is 35.5. The van der Waals surface area contributed by atoms with E-state index >= 15 is 0 Å². The summed E-state index contributed by atoms with van der Waals surface area (Å²) in [6.07, 6.45) is 0. The molecule has 4 aliphatic carbocycles. The van der Waals surface area contributed by atoms with Gasteiger partial charge in [-0.05, 0) is 119 Å². The molecule has 294 valence electrons. The summed E-state index contributed by atoms with van der Waals surface area (Å²) in [6, 6.07) is 75.9. The highest BCUT2D eigenvalue weighted by Crippen LogP contribution is 2.66. The van der Waals surface area contributed by atoms with Crippen molar-refractivity contribution in [3.8, 4) is 55.6 Å². The van der Waals surface area contributed by atoms with E-state index in [0.717, 1.165) is 5.69 Å². The second kappa shape index (κ2) is 12.4. The Morgan fingerprint density at radius 2 is 0.726 bits per heavy atom. The average Bonchev–Trinajstić information content (AvgIpc) is 3.95. The van der Waals surface area contributed by atoms with Crippen LogP contribution in [0.1, 0.15) is 72.2 Å². The van der Waals surface area contributed by atoms with E-state index in [9.17, 15) is 0 Å². The molecule has 0 fully saturated rings. The van der Waals surface area contributed by atoms with E-state index in [1.54, 1.807) is 0 Å². The molecule has 1 spiro atoms. The summed E-state index contributed by atoms with van der Waals surface area (Å²) >= 11 is 0. The third-order valence-corrected chi connectivity index (χ3v) is 15.1. The Kier molecular flexibility index (Phi) is 7.12. The fourth-order valence-corrected chi connectivity index (χ4v) is 12.3. The lowest BCUT2D eigenvalue weighted by atomic mass is 9.70. The Morgan fingerprint density at radius 1 is 0.306 bits per heavy atom.